The Labute approximate surface area is 165 Å². The highest BCUT2D eigenvalue weighted by atomic mass is 35.5. The monoisotopic (exact) mass is 389 g/mol. The largest absolute Gasteiger partial charge is 0.497 e. The van der Waals surface area contributed by atoms with Crippen molar-refractivity contribution in [2.24, 2.45) is 0 Å². The van der Waals surface area contributed by atoms with Gasteiger partial charge in [-0.3, -0.25) is 0 Å². The molecule has 0 radical (unpaired) electrons. The predicted octanol–water partition coefficient (Wildman–Crippen LogP) is 3.59. The second kappa shape index (κ2) is 9.10. The van der Waals surface area contributed by atoms with Crippen molar-refractivity contribution in [3.8, 4) is 5.75 Å². The summed E-state index contributed by atoms with van der Waals surface area (Å²) < 4.78 is 5.32. The number of halogens is 1. The van der Waals surface area contributed by atoms with Crippen molar-refractivity contribution in [3.05, 3.63) is 59.1 Å². The van der Waals surface area contributed by atoms with Crippen molar-refractivity contribution in [3.63, 3.8) is 0 Å². The molecule has 0 bridgehead atoms. The quantitative estimate of drug-likeness (QED) is 0.789. The van der Waals surface area contributed by atoms with Gasteiger partial charge in [0, 0.05) is 49.5 Å². The number of nitrogens with zero attached hydrogens (tertiary/aromatic N) is 2. The van der Waals surface area contributed by atoms with E-state index in [1.807, 2.05) is 24.3 Å². The molecule has 138 valence electrons. The number of anilines is 1. The van der Waals surface area contributed by atoms with E-state index in [4.69, 9.17) is 28.6 Å². The number of benzene rings is 2. The molecule has 2 aromatic rings. The van der Waals surface area contributed by atoms with Gasteiger partial charge in [0.15, 0.2) is 5.11 Å². The van der Waals surface area contributed by atoms with Gasteiger partial charge < -0.3 is 19.9 Å². The maximum absolute atomic E-state index is 5.92. The zero-order valence-electron chi connectivity index (χ0n) is 15.0. The molecule has 0 saturated carbocycles. The topological polar surface area (TPSA) is 27.7 Å². The summed E-state index contributed by atoms with van der Waals surface area (Å²) in [5, 5.41) is 4.98. The summed E-state index contributed by atoms with van der Waals surface area (Å²) in [6.07, 6.45) is 0.932. The minimum absolute atomic E-state index is 0.770. The molecule has 0 unspecified atom stereocenters. The van der Waals surface area contributed by atoms with E-state index in [0.717, 1.165) is 55.0 Å². The standard InChI is InChI=1S/C20H24ClN3OS/c1-25-19-4-2-3-18(15-19)23-11-13-24(14-12-23)20(26)22-10-9-16-5-7-17(21)8-6-16/h2-8,15H,9-14H2,1H3,(H,22,26). The molecule has 0 amide bonds. The van der Waals surface area contributed by atoms with Gasteiger partial charge in [0.05, 0.1) is 7.11 Å². The molecule has 1 aliphatic heterocycles. The van der Waals surface area contributed by atoms with Crippen LogP contribution in [-0.2, 0) is 6.42 Å². The van der Waals surface area contributed by atoms with E-state index in [1.165, 1.54) is 11.3 Å². The predicted molar refractivity (Wildman–Crippen MR) is 113 cm³/mol. The molecule has 26 heavy (non-hydrogen) atoms. The number of hydrogen-bond acceptors (Lipinski definition) is 3. The lowest BCUT2D eigenvalue weighted by atomic mass is 10.1. The number of rotatable bonds is 5. The van der Waals surface area contributed by atoms with Crippen molar-refractivity contribution >= 4 is 34.6 Å². The second-order valence-electron chi connectivity index (χ2n) is 6.28. The molecule has 6 heteroatoms. The molecule has 1 N–H and O–H groups in total. The third-order valence-corrected chi connectivity index (χ3v) is 5.24. The Morgan fingerprint density at radius 3 is 2.54 bits per heavy atom. The van der Waals surface area contributed by atoms with Gasteiger partial charge >= 0.3 is 0 Å². The van der Waals surface area contributed by atoms with Crippen LogP contribution in [0.4, 0.5) is 5.69 Å². The number of piperazine rings is 1. The van der Waals surface area contributed by atoms with Crippen LogP contribution < -0.4 is 15.0 Å². The Hall–Kier alpha value is -1.98. The maximum Gasteiger partial charge on any atom is 0.169 e. The summed E-state index contributed by atoms with van der Waals surface area (Å²) in [6, 6.07) is 16.2. The Kier molecular flexibility index (Phi) is 6.58. The number of nitrogens with one attached hydrogen (secondary N) is 1. The fourth-order valence-electron chi connectivity index (χ4n) is 3.05. The summed E-state index contributed by atoms with van der Waals surface area (Å²) in [5.41, 5.74) is 2.46. The highest BCUT2D eigenvalue weighted by Crippen LogP contribution is 2.22. The minimum atomic E-state index is 0.770. The zero-order chi connectivity index (χ0) is 18.4. The van der Waals surface area contributed by atoms with Crippen LogP contribution in [0.1, 0.15) is 5.56 Å². The first-order chi connectivity index (χ1) is 12.7. The van der Waals surface area contributed by atoms with Gasteiger partial charge in [-0.15, -0.1) is 0 Å². The van der Waals surface area contributed by atoms with E-state index in [1.54, 1.807) is 7.11 Å². The van der Waals surface area contributed by atoms with Gasteiger partial charge in [-0.1, -0.05) is 29.8 Å². The Bertz CT molecular complexity index is 730. The summed E-state index contributed by atoms with van der Waals surface area (Å²) in [7, 11) is 1.70. The molecule has 2 aromatic carbocycles. The van der Waals surface area contributed by atoms with Crippen LogP contribution in [0.2, 0.25) is 5.02 Å². The van der Waals surface area contributed by atoms with Crippen LogP contribution in [-0.4, -0.2) is 49.8 Å². The fourth-order valence-corrected chi connectivity index (χ4v) is 3.46. The summed E-state index contributed by atoms with van der Waals surface area (Å²) in [6.45, 7) is 4.57. The van der Waals surface area contributed by atoms with Crippen molar-refractivity contribution < 1.29 is 4.74 Å². The Morgan fingerprint density at radius 2 is 1.85 bits per heavy atom. The number of ether oxygens (including phenoxy) is 1. The van der Waals surface area contributed by atoms with Crippen molar-refractivity contribution in [2.75, 3.05) is 44.7 Å². The molecule has 0 aliphatic carbocycles. The molecule has 0 spiro atoms. The van der Waals surface area contributed by atoms with Gasteiger partial charge in [0.1, 0.15) is 5.75 Å². The smallest absolute Gasteiger partial charge is 0.169 e. The lowest BCUT2D eigenvalue weighted by Crippen LogP contribution is -2.52. The second-order valence-corrected chi connectivity index (χ2v) is 7.11. The first kappa shape index (κ1) is 18.8. The highest BCUT2D eigenvalue weighted by molar-refractivity contribution is 7.80. The van der Waals surface area contributed by atoms with Crippen molar-refractivity contribution in [1.29, 1.82) is 0 Å². The van der Waals surface area contributed by atoms with Gasteiger partial charge in [-0.2, -0.15) is 0 Å². The average molecular weight is 390 g/mol. The number of methoxy groups -OCH3 is 1. The lowest BCUT2D eigenvalue weighted by Gasteiger charge is -2.37. The summed E-state index contributed by atoms with van der Waals surface area (Å²) in [4.78, 5) is 4.61. The van der Waals surface area contributed by atoms with E-state index < -0.39 is 0 Å². The summed E-state index contributed by atoms with van der Waals surface area (Å²) in [5.74, 6) is 0.893. The third kappa shape index (κ3) is 5.02. The fraction of sp³-hybridized carbons (Fsp3) is 0.350. The molecule has 3 rings (SSSR count). The maximum atomic E-state index is 5.92. The zero-order valence-corrected chi connectivity index (χ0v) is 16.5. The molecule has 1 heterocycles. The third-order valence-electron chi connectivity index (χ3n) is 4.59. The van der Waals surface area contributed by atoms with E-state index in [2.05, 4.69) is 39.4 Å². The molecule has 1 aliphatic rings. The molecular formula is C20H24ClN3OS. The number of hydrogen-bond donors (Lipinski definition) is 1. The van der Waals surface area contributed by atoms with Gasteiger partial charge in [-0.05, 0) is 48.5 Å². The van der Waals surface area contributed by atoms with Crippen LogP contribution in [0.15, 0.2) is 48.5 Å². The van der Waals surface area contributed by atoms with Gasteiger partial charge in [0.2, 0.25) is 0 Å². The van der Waals surface area contributed by atoms with Gasteiger partial charge in [-0.25, -0.2) is 0 Å². The summed E-state index contributed by atoms with van der Waals surface area (Å²) >= 11 is 11.5. The molecular weight excluding hydrogens is 366 g/mol. The molecule has 0 aromatic heterocycles. The Balaban J connectivity index is 1.43. The van der Waals surface area contributed by atoms with E-state index in [-0.39, 0.29) is 0 Å². The van der Waals surface area contributed by atoms with Crippen molar-refractivity contribution in [1.82, 2.24) is 10.2 Å². The number of thiocarbonyl (C=S) groups is 1. The van der Waals surface area contributed by atoms with Crippen LogP contribution in [0.5, 0.6) is 5.75 Å². The van der Waals surface area contributed by atoms with E-state index in [0.29, 0.717) is 0 Å². The van der Waals surface area contributed by atoms with E-state index in [9.17, 15) is 0 Å². The van der Waals surface area contributed by atoms with Crippen molar-refractivity contribution in [2.45, 2.75) is 6.42 Å². The average Bonchev–Trinajstić information content (AvgIpc) is 2.69. The first-order valence-corrected chi connectivity index (χ1v) is 9.60. The van der Waals surface area contributed by atoms with Crippen LogP contribution in [0, 0.1) is 0 Å². The normalized spacial score (nSPS) is 14.2. The lowest BCUT2D eigenvalue weighted by molar-refractivity contribution is 0.379. The Morgan fingerprint density at radius 1 is 1.12 bits per heavy atom. The van der Waals surface area contributed by atoms with Crippen LogP contribution >= 0.6 is 23.8 Å². The van der Waals surface area contributed by atoms with Crippen LogP contribution in [0.3, 0.4) is 0 Å². The van der Waals surface area contributed by atoms with Crippen LogP contribution in [0.25, 0.3) is 0 Å². The molecule has 1 fully saturated rings. The SMILES string of the molecule is COc1cccc(N2CCN(C(=S)NCCc3ccc(Cl)cc3)CC2)c1. The highest BCUT2D eigenvalue weighted by Gasteiger charge is 2.19. The van der Waals surface area contributed by atoms with E-state index >= 15 is 0 Å². The first-order valence-electron chi connectivity index (χ1n) is 8.82. The molecule has 0 atom stereocenters. The molecule has 4 nitrogen and oxygen atoms in total. The molecule has 1 saturated heterocycles. The van der Waals surface area contributed by atoms with Gasteiger partial charge in [0.25, 0.3) is 0 Å². The minimum Gasteiger partial charge on any atom is -0.497 e.